The van der Waals surface area contributed by atoms with E-state index in [4.69, 9.17) is 0 Å². The monoisotopic (exact) mass is 341 g/mol. The van der Waals surface area contributed by atoms with Crippen LogP contribution in [0.2, 0.25) is 0 Å². The first-order valence-electron chi connectivity index (χ1n) is 7.60. The van der Waals surface area contributed by atoms with Gasteiger partial charge in [-0.25, -0.2) is 0 Å². The van der Waals surface area contributed by atoms with Crippen molar-refractivity contribution in [3.05, 3.63) is 23.8 Å². The van der Waals surface area contributed by atoms with Gasteiger partial charge in [0.2, 0.25) is 11.8 Å². The van der Waals surface area contributed by atoms with Gasteiger partial charge in [-0.05, 0) is 44.6 Å². The molecule has 23 heavy (non-hydrogen) atoms. The lowest BCUT2D eigenvalue weighted by Crippen LogP contribution is -2.28. The summed E-state index contributed by atoms with van der Waals surface area (Å²) in [7, 11) is 1.86. The highest BCUT2D eigenvalue weighted by atomic mass is 35.5. The van der Waals surface area contributed by atoms with E-state index in [1.807, 2.05) is 46.9 Å². The fourth-order valence-electron chi connectivity index (χ4n) is 1.79. The summed E-state index contributed by atoms with van der Waals surface area (Å²) < 4.78 is 0. The molecule has 0 bridgehead atoms. The molecule has 1 aromatic carbocycles. The topological polar surface area (TPSA) is 70.2 Å². The highest BCUT2D eigenvalue weighted by Crippen LogP contribution is 2.23. The molecule has 0 fully saturated rings. The van der Waals surface area contributed by atoms with Crippen molar-refractivity contribution in [2.75, 3.05) is 24.2 Å². The van der Waals surface area contributed by atoms with E-state index in [2.05, 4.69) is 16.0 Å². The predicted molar refractivity (Wildman–Crippen MR) is 98.3 cm³/mol. The van der Waals surface area contributed by atoms with Gasteiger partial charge in [-0.3, -0.25) is 9.59 Å². The number of carbonyl (C=O) groups is 2. The minimum Gasteiger partial charge on any atom is -0.326 e. The van der Waals surface area contributed by atoms with Crippen LogP contribution in [0.3, 0.4) is 0 Å². The van der Waals surface area contributed by atoms with Crippen LogP contribution in [0.1, 0.15) is 39.2 Å². The minimum absolute atomic E-state index is 0. The Bertz CT molecular complexity index is 539. The normalized spacial score (nSPS) is 10.7. The smallest absolute Gasteiger partial charge is 0.229 e. The van der Waals surface area contributed by atoms with Gasteiger partial charge in [-0.1, -0.05) is 26.8 Å². The lowest BCUT2D eigenvalue weighted by atomic mass is 9.95. The molecule has 0 atom stereocenters. The molecule has 2 amide bonds. The summed E-state index contributed by atoms with van der Waals surface area (Å²) in [4.78, 5) is 23.9. The molecule has 1 aromatic rings. The molecular weight excluding hydrogens is 314 g/mol. The second kappa shape index (κ2) is 9.53. The number of hydrogen-bond donors (Lipinski definition) is 3. The van der Waals surface area contributed by atoms with E-state index in [0.717, 1.165) is 24.2 Å². The van der Waals surface area contributed by atoms with Crippen molar-refractivity contribution in [3.8, 4) is 0 Å². The number of hydrogen-bond acceptors (Lipinski definition) is 3. The third-order valence-corrected chi connectivity index (χ3v) is 3.28. The summed E-state index contributed by atoms with van der Waals surface area (Å²) in [6, 6.07) is 5.54. The van der Waals surface area contributed by atoms with Gasteiger partial charge in [0.1, 0.15) is 0 Å². The van der Waals surface area contributed by atoms with Crippen molar-refractivity contribution in [1.82, 2.24) is 5.32 Å². The maximum atomic E-state index is 12.1. The first-order valence-corrected chi connectivity index (χ1v) is 7.60. The van der Waals surface area contributed by atoms with Gasteiger partial charge in [0.15, 0.2) is 0 Å². The maximum absolute atomic E-state index is 12.1. The van der Waals surface area contributed by atoms with Gasteiger partial charge in [0.25, 0.3) is 0 Å². The van der Waals surface area contributed by atoms with Crippen molar-refractivity contribution < 1.29 is 9.59 Å². The molecule has 0 aromatic heterocycles. The molecule has 5 nitrogen and oxygen atoms in total. The van der Waals surface area contributed by atoms with Crippen molar-refractivity contribution in [1.29, 1.82) is 0 Å². The van der Waals surface area contributed by atoms with Crippen molar-refractivity contribution >= 4 is 35.6 Å². The number of anilines is 2. The summed E-state index contributed by atoms with van der Waals surface area (Å²) in [5, 5.41) is 8.79. The Kier molecular flexibility index (Phi) is 8.87. The summed E-state index contributed by atoms with van der Waals surface area (Å²) in [6.45, 7) is 8.34. The predicted octanol–water partition coefficient (Wildman–Crippen LogP) is 3.34. The second-order valence-corrected chi connectivity index (χ2v) is 6.49. The van der Waals surface area contributed by atoms with Gasteiger partial charge in [-0.2, -0.15) is 0 Å². The minimum atomic E-state index is -0.459. The van der Waals surface area contributed by atoms with Crippen molar-refractivity contribution in [2.24, 2.45) is 5.41 Å². The zero-order valence-electron chi connectivity index (χ0n) is 14.6. The Morgan fingerprint density at radius 3 is 2.35 bits per heavy atom. The van der Waals surface area contributed by atoms with Gasteiger partial charge in [-0.15, -0.1) is 12.4 Å². The molecule has 3 N–H and O–H groups in total. The summed E-state index contributed by atoms with van der Waals surface area (Å²) in [5.74, 6) is -0.0692. The van der Waals surface area contributed by atoms with E-state index in [9.17, 15) is 9.59 Å². The van der Waals surface area contributed by atoms with Crippen LogP contribution in [0, 0.1) is 12.3 Å². The number of aryl methyl sites for hydroxylation is 1. The fourth-order valence-corrected chi connectivity index (χ4v) is 1.79. The van der Waals surface area contributed by atoms with Crippen LogP contribution in [-0.4, -0.2) is 25.4 Å². The summed E-state index contributed by atoms with van der Waals surface area (Å²) in [6.07, 6.45) is 1.26. The van der Waals surface area contributed by atoms with Gasteiger partial charge in [0.05, 0.1) is 0 Å². The highest BCUT2D eigenvalue weighted by Gasteiger charge is 2.21. The van der Waals surface area contributed by atoms with E-state index >= 15 is 0 Å². The van der Waals surface area contributed by atoms with Crippen LogP contribution in [0.5, 0.6) is 0 Å². The number of rotatable bonds is 6. The third kappa shape index (κ3) is 7.48. The Morgan fingerprint density at radius 2 is 1.78 bits per heavy atom. The van der Waals surface area contributed by atoms with E-state index < -0.39 is 5.41 Å². The summed E-state index contributed by atoms with van der Waals surface area (Å²) in [5.41, 5.74) is 1.93. The maximum Gasteiger partial charge on any atom is 0.229 e. The molecule has 0 aliphatic rings. The first-order chi connectivity index (χ1) is 10.2. The second-order valence-electron chi connectivity index (χ2n) is 6.49. The van der Waals surface area contributed by atoms with Crippen LogP contribution < -0.4 is 16.0 Å². The van der Waals surface area contributed by atoms with Crippen LogP contribution in [-0.2, 0) is 9.59 Å². The summed E-state index contributed by atoms with van der Waals surface area (Å²) >= 11 is 0. The van der Waals surface area contributed by atoms with Crippen molar-refractivity contribution in [3.63, 3.8) is 0 Å². The lowest BCUT2D eigenvalue weighted by molar-refractivity contribution is -0.123. The molecule has 0 saturated carbocycles. The van der Waals surface area contributed by atoms with Gasteiger partial charge in [0, 0.05) is 23.2 Å². The number of amides is 2. The molecular formula is C17H28ClN3O2. The highest BCUT2D eigenvalue weighted by molar-refractivity contribution is 5.97. The first kappa shape index (κ1) is 21.4. The molecule has 0 saturated heterocycles. The number of carbonyl (C=O) groups excluding carboxylic acids is 2. The Labute approximate surface area is 145 Å². The van der Waals surface area contributed by atoms with E-state index in [-0.39, 0.29) is 24.2 Å². The molecule has 0 aliphatic heterocycles. The molecule has 0 aliphatic carbocycles. The molecule has 0 radical (unpaired) electrons. The van der Waals surface area contributed by atoms with Crippen LogP contribution in [0.25, 0.3) is 0 Å². The lowest BCUT2D eigenvalue weighted by Gasteiger charge is -2.19. The molecule has 1 rings (SSSR count). The molecule has 130 valence electrons. The zero-order valence-corrected chi connectivity index (χ0v) is 15.4. The Balaban J connectivity index is 0.00000484. The number of halogens is 1. The van der Waals surface area contributed by atoms with E-state index in [1.54, 1.807) is 6.07 Å². The van der Waals surface area contributed by atoms with Crippen LogP contribution in [0.15, 0.2) is 18.2 Å². The van der Waals surface area contributed by atoms with Crippen LogP contribution >= 0.6 is 12.4 Å². The average Bonchev–Trinajstić information content (AvgIpc) is 2.41. The fraction of sp³-hybridized carbons (Fsp3) is 0.529. The van der Waals surface area contributed by atoms with Gasteiger partial charge >= 0.3 is 0 Å². The number of benzene rings is 1. The van der Waals surface area contributed by atoms with Crippen molar-refractivity contribution in [2.45, 2.75) is 40.5 Å². The number of nitrogens with one attached hydrogen (secondary N) is 3. The Morgan fingerprint density at radius 1 is 1.13 bits per heavy atom. The third-order valence-electron chi connectivity index (χ3n) is 3.28. The SMILES string of the molecule is CNCCCC(=O)Nc1ccc(C)c(NC(=O)C(C)(C)C)c1.Cl. The molecule has 0 unspecified atom stereocenters. The quantitative estimate of drug-likeness (QED) is 0.695. The largest absolute Gasteiger partial charge is 0.326 e. The van der Waals surface area contributed by atoms with E-state index in [0.29, 0.717) is 12.1 Å². The van der Waals surface area contributed by atoms with Crippen LogP contribution in [0.4, 0.5) is 11.4 Å². The molecule has 0 heterocycles. The zero-order chi connectivity index (χ0) is 16.8. The van der Waals surface area contributed by atoms with Gasteiger partial charge < -0.3 is 16.0 Å². The molecule has 0 spiro atoms. The average molecular weight is 342 g/mol. The molecule has 6 heteroatoms. The Hall–Kier alpha value is -1.59. The van der Waals surface area contributed by atoms with E-state index in [1.165, 1.54) is 0 Å². The standard InChI is InChI=1S/C17H27N3O2.ClH/c1-12-8-9-13(19-15(21)7-6-10-18-5)11-14(12)20-16(22)17(2,3)4;/h8-9,11,18H,6-7,10H2,1-5H3,(H,19,21)(H,20,22);1H.